The summed E-state index contributed by atoms with van der Waals surface area (Å²) >= 11 is 10.00. The molecule has 2 aromatic carbocycles. The summed E-state index contributed by atoms with van der Waals surface area (Å²) in [7, 11) is 3.83. The summed E-state index contributed by atoms with van der Waals surface area (Å²) in [6.07, 6.45) is 0. The van der Waals surface area contributed by atoms with Gasteiger partial charge >= 0.3 is 5.91 Å². The van der Waals surface area contributed by atoms with Crippen molar-refractivity contribution in [2.45, 2.75) is 4.90 Å². The second kappa shape index (κ2) is 7.17. The van der Waals surface area contributed by atoms with Gasteiger partial charge in [0.1, 0.15) is 16.9 Å². The van der Waals surface area contributed by atoms with Crippen molar-refractivity contribution in [2.24, 2.45) is 0 Å². The molecule has 1 amide bonds. The molecule has 0 fully saturated rings. The predicted molar refractivity (Wildman–Crippen MR) is 101 cm³/mol. The minimum Gasteiger partial charge on any atom is -0.588 e. The van der Waals surface area contributed by atoms with Crippen molar-refractivity contribution in [2.75, 3.05) is 19.0 Å². The minimum absolute atomic E-state index is 0.0735. The van der Waals surface area contributed by atoms with Crippen LogP contribution in [0.4, 0.5) is 5.69 Å². The zero-order valence-corrected chi connectivity index (χ0v) is 15.7. The number of carbonyl (C=O) groups excluding carboxylic acids is 1. The molecule has 3 rings (SSSR count). The second-order valence-corrected chi connectivity index (χ2v) is 7.53. The Labute approximate surface area is 157 Å². The van der Waals surface area contributed by atoms with Crippen LogP contribution in [0.5, 0.6) is 0 Å². The molecule has 8 heteroatoms. The fourth-order valence-corrected chi connectivity index (χ4v) is 3.65. The van der Waals surface area contributed by atoms with Gasteiger partial charge in [-0.15, -0.1) is 0 Å². The average molecular weight is 397 g/mol. The second-order valence-electron chi connectivity index (χ2n) is 5.50. The van der Waals surface area contributed by atoms with E-state index in [1.165, 1.54) is 12.1 Å². The van der Waals surface area contributed by atoms with E-state index in [1.54, 1.807) is 12.1 Å². The zero-order valence-electron chi connectivity index (χ0n) is 13.4. The zero-order chi connectivity index (χ0) is 18.1. The highest BCUT2D eigenvalue weighted by Gasteiger charge is 2.22. The lowest BCUT2D eigenvalue weighted by Crippen LogP contribution is -2.30. The maximum atomic E-state index is 12.3. The molecule has 1 unspecified atom stereocenters. The van der Waals surface area contributed by atoms with E-state index in [9.17, 15) is 9.35 Å². The van der Waals surface area contributed by atoms with Gasteiger partial charge in [-0.2, -0.15) is 4.72 Å². The third kappa shape index (κ3) is 3.88. The fraction of sp³-hybridized carbons (Fsp3) is 0.118. The van der Waals surface area contributed by atoms with E-state index in [4.69, 9.17) is 27.6 Å². The Hall–Kier alpha value is -1.86. The SMILES string of the molecule is CN(C)c1ccc2cc(C(=O)N[S+]([O-])c3ccc(Cl)cc3Cl)oc2c1. The number of rotatable bonds is 4. The first-order valence-corrected chi connectivity index (χ1v) is 9.14. The number of benzene rings is 2. The van der Waals surface area contributed by atoms with Crippen LogP contribution in [0.1, 0.15) is 10.6 Å². The number of fused-ring (bicyclic) bond motifs is 1. The Bertz CT molecular complexity index is 943. The molecule has 25 heavy (non-hydrogen) atoms. The first-order chi connectivity index (χ1) is 11.8. The summed E-state index contributed by atoms with van der Waals surface area (Å²) in [6, 6.07) is 11.7. The van der Waals surface area contributed by atoms with Gasteiger partial charge in [-0.25, -0.2) is 0 Å². The summed E-state index contributed by atoms with van der Waals surface area (Å²) in [5.41, 5.74) is 1.52. The number of anilines is 1. The van der Waals surface area contributed by atoms with Crippen molar-refractivity contribution in [3.63, 3.8) is 0 Å². The molecule has 5 nitrogen and oxygen atoms in total. The highest BCUT2D eigenvalue weighted by molar-refractivity contribution is 7.90. The van der Waals surface area contributed by atoms with Gasteiger partial charge in [0, 0.05) is 36.3 Å². The van der Waals surface area contributed by atoms with Gasteiger partial charge in [-0.1, -0.05) is 23.2 Å². The maximum absolute atomic E-state index is 12.3. The van der Waals surface area contributed by atoms with Crippen molar-refractivity contribution in [1.82, 2.24) is 4.72 Å². The van der Waals surface area contributed by atoms with Gasteiger partial charge in [-0.3, -0.25) is 4.79 Å². The molecule has 0 saturated heterocycles. The van der Waals surface area contributed by atoms with Crippen LogP contribution in [0.3, 0.4) is 0 Å². The number of furan rings is 1. The van der Waals surface area contributed by atoms with Crippen LogP contribution < -0.4 is 9.62 Å². The minimum atomic E-state index is -1.83. The van der Waals surface area contributed by atoms with Crippen molar-refractivity contribution in [3.05, 3.63) is 58.3 Å². The predicted octanol–water partition coefficient (Wildman–Crippen LogP) is 4.26. The number of nitrogens with one attached hydrogen (secondary N) is 1. The molecule has 0 spiro atoms. The Morgan fingerprint density at radius 1 is 1.16 bits per heavy atom. The molecule has 1 heterocycles. The van der Waals surface area contributed by atoms with Gasteiger partial charge in [0.15, 0.2) is 10.7 Å². The van der Waals surface area contributed by atoms with E-state index in [2.05, 4.69) is 4.72 Å². The monoisotopic (exact) mass is 396 g/mol. The van der Waals surface area contributed by atoms with Crippen LogP contribution in [-0.2, 0) is 11.4 Å². The van der Waals surface area contributed by atoms with Crippen LogP contribution in [0.2, 0.25) is 10.0 Å². The van der Waals surface area contributed by atoms with E-state index in [-0.39, 0.29) is 15.7 Å². The molecule has 0 aliphatic rings. The number of halogens is 2. The highest BCUT2D eigenvalue weighted by Crippen LogP contribution is 2.26. The van der Waals surface area contributed by atoms with Crippen LogP contribution in [0.15, 0.2) is 51.8 Å². The molecule has 3 aromatic rings. The molecular weight excluding hydrogens is 383 g/mol. The van der Waals surface area contributed by atoms with Gasteiger partial charge in [0.25, 0.3) is 0 Å². The number of amides is 1. The third-order valence-electron chi connectivity index (χ3n) is 3.52. The van der Waals surface area contributed by atoms with Crippen molar-refractivity contribution < 1.29 is 13.8 Å². The van der Waals surface area contributed by atoms with Crippen LogP contribution in [0.25, 0.3) is 11.0 Å². The molecule has 0 aliphatic carbocycles. The topological polar surface area (TPSA) is 68.5 Å². The van der Waals surface area contributed by atoms with E-state index < -0.39 is 17.3 Å². The number of hydrogen-bond donors (Lipinski definition) is 1. The lowest BCUT2D eigenvalue weighted by atomic mass is 10.2. The number of nitrogens with zero attached hydrogens (tertiary/aromatic N) is 1. The van der Waals surface area contributed by atoms with Crippen LogP contribution >= 0.6 is 23.2 Å². The lowest BCUT2D eigenvalue weighted by Gasteiger charge is -2.11. The number of hydrogen-bond acceptors (Lipinski definition) is 4. The van der Waals surface area contributed by atoms with Gasteiger partial charge in [-0.05, 0) is 36.4 Å². The Morgan fingerprint density at radius 2 is 1.92 bits per heavy atom. The molecule has 130 valence electrons. The third-order valence-corrected chi connectivity index (χ3v) is 5.31. The quantitative estimate of drug-likeness (QED) is 0.668. The Balaban J connectivity index is 1.81. The summed E-state index contributed by atoms with van der Waals surface area (Å²) in [5.74, 6) is -0.517. The smallest absolute Gasteiger partial charge is 0.328 e. The van der Waals surface area contributed by atoms with Crippen molar-refractivity contribution in [1.29, 1.82) is 0 Å². The summed E-state index contributed by atoms with van der Waals surface area (Å²) in [5, 5.41) is 1.42. The van der Waals surface area contributed by atoms with Gasteiger partial charge in [0.2, 0.25) is 0 Å². The van der Waals surface area contributed by atoms with E-state index in [1.807, 2.05) is 37.2 Å². The summed E-state index contributed by atoms with van der Waals surface area (Å²) in [6.45, 7) is 0. The molecule has 1 atom stereocenters. The molecule has 0 aliphatic heterocycles. The standard InChI is InChI=1S/C17H14Cl2N2O3S/c1-21(2)12-5-3-10-7-15(24-14(10)9-12)17(22)20-25(23)16-6-4-11(18)8-13(16)19/h3-9H,1-2H3,(H,20,22). The van der Waals surface area contributed by atoms with E-state index >= 15 is 0 Å². The molecule has 1 aromatic heterocycles. The summed E-state index contributed by atoms with van der Waals surface area (Å²) < 4.78 is 20.3. The van der Waals surface area contributed by atoms with Crippen LogP contribution in [-0.4, -0.2) is 24.6 Å². The largest absolute Gasteiger partial charge is 0.588 e. The first-order valence-electron chi connectivity index (χ1n) is 7.24. The lowest BCUT2D eigenvalue weighted by molar-refractivity contribution is 0.0956. The number of carbonyl (C=O) groups is 1. The van der Waals surface area contributed by atoms with Crippen molar-refractivity contribution in [3.8, 4) is 0 Å². The average Bonchev–Trinajstić information content (AvgIpc) is 2.97. The van der Waals surface area contributed by atoms with Crippen molar-refractivity contribution >= 4 is 57.1 Å². The molecular formula is C17H14Cl2N2O3S. The van der Waals surface area contributed by atoms with Gasteiger partial charge < -0.3 is 13.9 Å². The van der Waals surface area contributed by atoms with E-state index in [0.717, 1.165) is 11.1 Å². The van der Waals surface area contributed by atoms with Crippen LogP contribution in [0, 0.1) is 0 Å². The Morgan fingerprint density at radius 3 is 2.60 bits per heavy atom. The molecule has 0 bridgehead atoms. The Kier molecular flexibility index (Phi) is 5.15. The molecule has 0 radical (unpaired) electrons. The molecule has 1 N–H and O–H groups in total. The maximum Gasteiger partial charge on any atom is 0.328 e. The highest BCUT2D eigenvalue weighted by atomic mass is 35.5. The van der Waals surface area contributed by atoms with E-state index in [0.29, 0.717) is 10.6 Å². The molecule has 0 saturated carbocycles. The summed E-state index contributed by atoms with van der Waals surface area (Å²) in [4.78, 5) is 14.5. The fourth-order valence-electron chi connectivity index (χ4n) is 2.22. The normalized spacial score (nSPS) is 12.2. The first kappa shape index (κ1) is 17.9. The van der Waals surface area contributed by atoms with Gasteiger partial charge in [0.05, 0.1) is 5.02 Å².